The van der Waals surface area contributed by atoms with Gasteiger partial charge in [-0.15, -0.1) is 0 Å². The van der Waals surface area contributed by atoms with Gasteiger partial charge in [0.25, 0.3) is 0 Å². The van der Waals surface area contributed by atoms with Crippen LogP contribution in [0.15, 0.2) is 28.7 Å². The van der Waals surface area contributed by atoms with E-state index < -0.39 is 6.10 Å². The molecular weight excluding hydrogens is 256 g/mol. The summed E-state index contributed by atoms with van der Waals surface area (Å²) in [6.45, 7) is 4.03. The van der Waals surface area contributed by atoms with E-state index in [-0.39, 0.29) is 6.61 Å². The number of nitrogens with one attached hydrogen (secondary N) is 1. The Hall–Kier alpha value is -1.85. The Balaban J connectivity index is 2.07. The summed E-state index contributed by atoms with van der Waals surface area (Å²) in [5.41, 5.74) is 2.77. The Kier molecular flexibility index (Phi) is 4.76. The number of nitrogens with zero attached hydrogens (tertiary/aromatic N) is 1. The fourth-order valence-electron chi connectivity index (χ4n) is 1.91. The maximum Gasteiger partial charge on any atom is 0.226 e. The van der Waals surface area contributed by atoms with E-state index >= 15 is 0 Å². The Morgan fingerprint density at radius 2 is 2.00 bits per heavy atom. The highest BCUT2D eigenvalue weighted by molar-refractivity contribution is 5.59. The molecule has 108 valence electrons. The van der Waals surface area contributed by atoms with Crippen LogP contribution in [0.4, 0.5) is 5.69 Å². The molecule has 0 spiro atoms. The van der Waals surface area contributed by atoms with Gasteiger partial charge in [0.2, 0.25) is 5.89 Å². The van der Waals surface area contributed by atoms with Gasteiger partial charge < -0.3 is 19.9 Å². The van der Waals surface area contributed by atoms with Crippen LogP contribution in [-0.4, -0.2) is 34.5 Å². The van der Waals surface area contributed by atoms with Crippen LogP contribution in [0.1, 0.15) is 18.4 Å². The van der Waals surface area contributed by atoms with Gasteiger partial charge in [0, 0.05) is 17.8 Å². The molecule has 1 heterocycles. The van der Waals surface area contributed by atoms with E-state index in [2.05, 4.69) is 10.3 Å². The normalized spacial score (nSPS) is 12.4. The van der Waals surface area contributed by atoms with E-state index in [1.807, 2.05) is 38.1 Å². The highest BCUT2D eigenvalue weighted by atomic mass is 16.4. The molecule has 0 bridgehead atoms. The summed E-state index contributed by atoms with van der Waals surface area (Å²) >= 11 is 0. The van der Waals surface area contributed by atoms with E-state index in [0.29, 0.717) is 12.4 Å². The molecule has 1 aromatic heterocycles. The summed E-state index contributed by atoms with van der Waals surface area (Å²) < 4.78 is 5.64. The molecule has 1 aromatic carbocycles. The van der Waals surface area contributed by atoms with Crippen molar-refractivity contribution in [2.75, 3.05) is 18.5 Å². The van der Waals surface area contributed by atoms with Gasteiger partial charge in [-0.05, 0) is 37.6 Å². The zero-order valence-corrected chi connectivity index (χ0v) is 11.8. The van der Waals surface area contributed by atoms with Crippen LogP contribution in [0.2, 0.25) is 0 Å². The highest BCUT2D eigenvalue weighted by Crippen LogP contribution is 2.23. The molecule has 2 rings (SSSR count). The van der Waals surface area contributed by atoms with Crippen molar-refractivity contribution < 1.29 is 14.6 Å². The van der Waals surface area contributed by atoms with Crippen molar-refractivity contribution in [1.82, 2.24) is 4.98 Å². The van der Waals surface area contributed by atoms with Gasteiger partial charge in [0.15, 0.2) is 0 Å². The predicted molar refractivity (Wildman–Crippen MR) is 77.6 cm³/mol. The number of oxazole rings is 1. The number of aromatic nitrogens is 1. The van der Waals surface area contributed by atoms with Gasteiger partial charge in [0.1, 0.15) is 5.76 Å². The predicted octanol–water partition coefficient (Wildman–Crippen LogP) is 1.98. The average molecular weight is 276 g/mol. The summed E-state index contributed by atoms with van der Waals surface area (Å²) in [4.78, 5) is 4.46. The first-order chi connectivity index (χ1) is 9.63. The quantitative estimate of drug-likeness (QED) is 0.752. The molecule has 0 aliphatic heterocycles. The second-order valence-electron chi connectivity index (χ2n) is 4.67. The number of aliphatic hydroxyl groups is 2. The van der Waals surface area contributed by atoms with Gasteiger partial charge in [-0.1, -0.05) is 6.92 Å². The van der Waals surface area contributed by atoms with Crippen LogP contribution >= 0.6 is 0 Å². The van der Waals surface area contributed by atoms with E-state index in [1.165, 1.54) is 0 Å². The molecule has 2 aromatic rings. The maximum absolute atomic E-state index is 9.27. The molecule has 5 nitrogen and oxygen atoms in total. The van der Waals surface area contributed by atoms with Crippen LogP contribution < -0.4 is 5.32 Å². The zero-order valence-electron chi connectivity index (χ0n) is 11.8. The standard InChI is InChI=1S/C15H20N2O3/c1-3-14-10(2)20-15(17-14)11-4-6-12(7-5-11)16-8-13(19)9-18/h4-7,13,16,18-19H,3,8-9H2,1-2H3. The van der Waals surface area contributed by atoms with Crippen LogP contribution in [0, 0.1) is 6.92 Å². The minimum Gasteiger partial charge on any atom is -0.441 e. The Morgan fingerprint density at radius 1 is 1.30 bits per heavy atom. The van der Waals surface area contributed by atoms with Crippen LogP contribution in [0.3, 0.4) is 0 Å². The summed E-state index contributed by atoms with van der Waals surface area (Å²) in [5, 5.41) is 21.1. The number of rotatable bonds is 6. The second kappa shape index (κ2) is 6.54. The van der Waals surface area contributed by atoms with Crippen molar-refractivity contribution in [3.8, 4) is 11.5 Å². The van der Waals surface area contributed by atoms with Gasteiger partial charge in [0.05, 0.1) is 18.4 Å². The average Bonchev–Trinajstić information content (AvgIpc) is 2.86. The molecule has 0 aliphatic carbocycles. The van der Waals surface area contributed by atoms with Crippen molar-refractivity contribution >= 4 is 5.69 Å². The second-order valence-corrected chi connectivity index (χ2v) is 4.67. The third kappa shape index (κ3) is 3.37. The number of benzene rings is 1. The first-order valence-corrected chi connectivity index (χ1v) is 6.73. The minimum absolute atomic E-state index is 0.250. The van der Waals surface area contributed by atoms with E-state index in [0.717, 1.165) is 29.1 Å². The smallest absolute Gasteiger partial charge is 0.226 e. The first-order valence-electron chi connectivity index (χ1n) is 6.73. The molecule has 0 saturated carbocycles. The lowest BCUT2D eigenvalue weighted by molar-refractivity contribution is 0.105. The van der Waals surface area contributed by atoms with E-state index in [1.54, 1.807) is 0 Å². The number of hydrogen-bond donors (Lipinski definition) is 3. The van der Waals surface area contributed by atoms with Crippen molar-refractivity contribution in [2.24, 2.45) is 0 Å². The van der Waals surface area contributed by atoms with Crippen LogP contribution in [-0.2, 0) is 6.42 Å². The summed E-state index contributed by atoms with van der Waals surface area (Å²) in [5.74, 6) is 1.48. The molecule has 1 atom stereocenters. The fraction of sp³-hybridized carbons (Fsp3) is 0.400. The SMILES string of the molecule is CCc1nc(-c2ccc(NCC(O)CO)cc2)oc1C. The van der Waals surface area contributed by atoms with Crippen LogP contribution in [0.25, 0.3) is 11.5 Å². The summed E-state index contributed by atoms with van der Waals surface area (Å²) in [6, 6.07) is 7.62. The van der Waals surface area contributed by atoms with E-state index in [9.17, 15) is 5.11 Å². The molecular formula is C15H20N2O3. The fourth-order valence-corrected chi connectivity index (χ4v) is 1.91. The molecule has 0 radical (unpaired) electrons. The molecule has 5 heteroatoms. The lowest BCUT2D eigenvalue weighted by atomic mass is 10.2. The zero-order chi connectivity index (χ0) is 14.5. The van der Waals surface area contributed by atoms with Crippen molar-refractivity contribution in [3.63, 3.8) is 0 Å². The number of aryl methyl sites for hydroxylation is 2. The van der Waals surface area contributed by atoms with Gasteiger partial charge in [-0.25, -0.2) is 4.98 Å². The Labute approximate surface area is 118 Å². The molecule has 0 amide bonds. The molecule has 3 N–H and O–H groups in total. The Morgan fingerprint density at radius 3 is 2.55 bits per heavy atom. The van der Waals surface area contributed by atoms with Gasteiger partial charge >= 0.3 is 0 Å². The number of hydrogen-bond acceptors (Lipinski definition) is 5. The molecule has 0 saturated heterocycles. The van der Waals surface area contributed by atoms with Crippen molar-refractivity contribution in [1.29, 1.82) is 0 Å². The van der Waals surface area contributed by atoms with Crippen molar-refractivity contribution in [2.45, 2.75) is 26.4 Å². The number of anilines is 1. The molecule has 20 heavy (non-hydrogen) atoms. The first kappa shape index (κ1) is 14.6. The lowest BCUT2D eigenvalue weighted by Gasteiger charge is -2.10. The third-order valence-corrected chi connectivity index (χ3v) is 3.11. The van der Waals surface area contributed by atoms with E-state index in [4.69, 9.17) is 9.52 Å². The summed E-state index contributed by atoms with van der Waals surface area (Å²) in [6.07, 6.45) is 0.102. The molecule has 0 fully saturated rings. The maximum atomic E-state index is 9.27. The van der Waals surface area contributed by atoms with Gasteiger partial charge in [-0.3, -0.25) is 0 Å². The lowest BCUT2D eigenvalue weighted by Crippen LogP contribution is -2.22. The van der Waals surface area contributed by atoms with Gasteiger partial charge in [-0.2, -0.15) is 0 Å². The minimum atomic E-state index is -0.754. The molecule has 1 unspecified atom stereocenters. The largest absolute Gasteiger partial charge is 0.441 e. The Bertz CT molecular complexity index is 549. The highest BCUT2D eigenvalue weighted by Gasteiger charge is 2.09. The summed E-state index contributed by atoms with van der Waals surface area (Å²) in [7, 11) is 0. The molecule has 0 aliphatic rings. The van der Waals surface area contributed by atoms with Crippen molar-refractivity contribution in [3.05, 3.63) is 35.7 Å². The third-order valence-electron chi connectivity index (χ3n) is 3.11. The monoisotopic (exact) mass is 276 g/mol. The topological polar surface area (TPSA) is 78.5 Å². The van der Waals surface area contributed by atoms with Crippen LogP contribution in [0.5, 0.6) is 0 Å². The number of aliphatic hydroxyl groups excluding tert-OH is 2.